The number of aromatic nitrogens is 1. The summed E-state index contributed by atoms with van der Waals surface area (Å²) in [5.74, 6) is 0.152. The molecule has 7 heteroatoms. The van der Waals surface area contributed by atoms with Gasteiger partial charge in [0.05, 0.1) is 34.7 Å². The van der Waals surface area contributed by atoms with Gasteiger partial charge in [0.25, 0.3) is 0 Å². The van der Waals surface area contributed by atoms with Crippen molar-refractivity contribution in [2.24, 2.45) is 0 Å². The number of nitrogens with zero attached hydrogens (tertiary/aromatic N) is 2. The van der Waals surface area contributed by atoms with Crippen LogP contribution in [0.25, 0.3) is 21.0 Å². The molecule has 1 saturated heterocycles. The smallest absolute Gasteiger partial charge is 0.410 e. The third-order valence-electron chi connectivity index (χ3n) is 7.71. The monoisotopic (exact) mass is 596 g/mol. The molecular formula is C35H36N2O3S2. The number of thiol groups is 1. The van der Waals surface area contributed by atoms with Crippen LogP contribution in [-0.2, 0) is 16.1 Å². The highest BCUT2D eigenvalue weighted by atomic mass is 32.1. The SMILES string of the molecule is CC(C)(C)OC(=O)N1CCC(c2ccc(C(S)c3nc4ccccc4s3)cc2)C(OCc2ccc3ccccc3c2)C1. The first-order valence-electron chi connectivity index (χ1n) is 14.4. The number of carbonyl (C=O) groups is 1. The molecule has 4 aromatic carbocycles. The quantitative estimate of drug-likeness (QED) is 0.199. The second-order valence-corrected chi connectivity index (χ2v) is 13.5. The number of benzene rings is 4. The molecule has 6 rings (SSSR count). The van der Waals surface area contributed by atoms with E-state index in [1.165, 1.54) is 21.0 Å². The Labute approximate surface area is 256 Å². The minimum Gasteiger partial charge on any atom is -0.444 e. The lowest BCUT2D eigenvalue weighted by atomic mass is 9.86. The molecule has 216 valence electrons. The maximum absolute atomic E-state index is 13.0. The molecule has 1 amide bonds. The lowest BCUT2D eigenvalue weighted by molar-refractivity contribution is -0.0359. The highest BCUT2D eigenvalue weighted by Gasteiger charge is 2.35. The lowest BCUT2D eigenvalue weighted by Crippen LogP contribution is -2.48. The van der Waals surface area contributed by atoms with Crippen LogP contribution in [0.3, 0.4) is 0 Å². The predicted octanol–water partition coefficient (Wildman–Crippen LogP) is 8.78. The van der Waals surface area contributed by atoms with Gasteiger partial charge < -0.3 is 14.4 Å². The zero-order valence-corrected chi connectivity index (χ0v) is 25.9. The van der Waals surface area contributed by atoms with E-state index in [-0.39, 0.29) is 23.4 Å². The van der Waals surface area contributed by atoms with Crippen LogP contribution in [0.1, 0.15) is 60.1 Å². The molecule has 2 heterocycles. The number of rotatable bonds is 6. The normalized spacial score (nSPS) is 18.3. The molecule has 0 radical (unpaired) electrons. The molecule has 0 saturated carbocycles. The van der Waals surface area contributed by atoms with E-state index in [0.717, 1.165) is 28.1 Å². The lowest BCUT2D eigenvalue weighted by Gasteiger charge is -2.39. The van der Waals surface area contributed by atoms with E-state index < -0.39 is 5.60 Å². The predicted molar refractivity (Wildman–Crippen MR) is 175 cm³/mol. The number of likely N-dealkylation sites (tertiary alicyclic amines) is 1. The van der Waals surface area contributed by atoms with Gasteiger partial charge in [-0.25, -0.2) is 9.78 Å². The van der Waals surface area contributed by atoms with Crippen molar-refractivity contribution in [1.29, 1.82) is 0 Å². The number of hydrogen-bond donors (Lipinski definition) is 1. The molecular weight excluding hydrogens is 561 g/mol. The maximum atomic E-state index is 13.0. The molecule has 0 aliphatic carbocycles. The van der Waals surface area contributed by atoms with Gasteiger partial charge in [0.2, 0.25) is 0 Å². The summed E-state index contributed by atoms with van der Waals surface area (Å²) in [4.78, 5) is 19.6. The number of amides is 1. The van der Waals surface area contributed by atoms with E-state index in [2.05, 4.69) is 72.8 Å². The van der Waals surface area contributed by atoms with Crippen LogP contribution in [0.4, 0.5) is 4.79 Å². The van der Waals surface area contributed by atoms with Crippen LogP contribution >= 0.6 is 24.0 Å². The second-order valence-electron chi connectivity index (χ2n) is 11.9. The largest absolute Gasteiger partial charge is 0.444 e. The maximum Gasteiger partial charge on any atom is 0.410 e. The number of fused-ring (bicyclic) bond motifs is 2. The van der Waals surface area contributed by atoms with Gasteiger partial charge in [-0.2, -0.15) is 12.6 Å². The Kier molecular flexibility index (Phi) is 8.26. The van der Waals surface area contributed by atoms with E-state index >= 15 is 0 Å². The Hall–Kier alpha value is -3.39. The number of hydrogen-bond acceptors (Lipinski definition) is 6. The molecule has 0 bridgehead atoms. The minimum atomic E-state index is -0.544. The molecule has 1 fully saturated rings. The number of ether oxygens (including phenoxy) is 2. The molecule has 5 nitrogen and oxygen atoms in total. The van der Waals surface area contributed by atoms with Gasteiger partial charge in [-0.05, 0) is 72.9 Å². The average Bonchev–Trinajstić information content (AvgIpc) is 3.43. The second kappa shape index (κ2) is 12.1. The van der Waals surface area contributed by atoms with Gasteiger partial charge in [0.1, 0.15) is 10.6 Å². The molecule has 1 aliphatic rings. The molecule has 1 aromatic heterocycles. The van der Waals surface area contributed by atoms with Gasteiger partial charge in [0.15, 0.2) is 0 Å². The molecule has 0 N–H and O–H groups in total. The summed E-state index contributed by atoms with van der Waals surface area (Å²) in [6.07, 6.45) is 0.340. The van der Waals surface area contributed by atoms with Crippen LogP contribution in [0.2, 0.25) is 0 Å². The number of carbonyl (C=O) groups excluding carboxylic acids is 1. The van der Waals surface area contributed by atoms with Crippen molar-refractivity contribution in [3.05, 3.63) is 113 Å². The third kappa shape index (κ3) is 6.48. The zero-order chi connectivity index (χ0) is 29.3. The fourth-order valence-electron chi connectivity index (χ4n) is 5.57. The summed E-state index contributed by atoms with van der Waals surface area (Å²) in [6, 6.07) is 31.7. The van der Waals surface area contributed by atoms with Crippen molar-refractivity contribution < 1.29 is 14.3 Å². The first kappa shape index (κ1) is 28.7. The summed E-state index contributed by atoms with van der Waals surface area (Å²) in [5, 5.41) is 3.31. The Morgan fingerprint density at radius 2 is 1.74 bits per heavy atom. The van der Waals surface area contributed by atoms with Crippen molar-refractivity contribution in [3.63, 3.8) is 0 Å². The zero-order valence-electron chi connectivity index (χ0n) is 24.2. The van der Waals surface area contributed by atoms with Crippen LogP contribution in [0, 0.1) is 0 Å². The van der Waals surface area contributed by atoms with E-state index in [0.29, 0.717) is 19.7 Å². The topological polar surface area (TPSA) is 51.7 Å². The van der Waals surface area contributed by atoms with Crippen molar-refractivity contribution in [2.45, 2.75) is 56.7 Å². The van der Waals surface area contributed by atoms with Crippen molar-refractivity contribution >= 4 is 51.0 Å². The first-order valence-corrected chi connectivity index (χ1v) is 15.8. The third-order valence-corrected chi connectivity index (χ3v) is 9.53. The summed E-state index contributed by atoms with van der Waals surface area (Å²) in [7, 11) is 0. The Bertz CT molecular complexity index is 1660. The van der Waals surface area contributed by atoms with Gasteiger partial charge in [-0.3, -0.25) is 0 Å². The van der Waals surface area contributed by atoms with E-state index in [1.54, 1.807) is 16.2 Å². The summed E-state index contributed by atoms with van der Waals surface area (Å²) in [6.45, 7) is 7.28. The molecule has 0 spiro atoms. The fraction of sp³-hybridized carbons (Fsp3) is 0.314. The van der Waals surface area contributed by atoms with Crippen molar-refractivity contribution in [3.8, 4) is 0 Å². The van der Waals surface area contributed by atoms with Crippen LogP contribution in [0.5, 0.6) is 0 Å². The minimum absolute atomic E-state index is 0.0922. The standard InChI is InChI=1S/C35H36N2O3S2/c1-35(2,3)40-34(38)37-19-18-28(30(21-37)39-22-23-12-13-24-8-4-5-9-27(24)20-23)25-14-16-26(17-15-25)32(41)33-36-29-10-6-7-11-31(29)42-33/h4-17,20,28,30,32,41H,18-19,21-22H2,1-3H3. The van der Waals surface area contributed by atoms with E-state index in [4.69, 9.17) is 27.1 Å². The summed E-state index contributed by atoms with van der Waals surface area (Å²) < 4.78 is 13.5. The highest BCUT2D eigenvalue weighted by molar-refractivity contribution is 7.81. The number of thiazole rings is 1. The van der Waals surface area contributed by atoms with Crippen LogP contribution in [-0.4, -0.2) is 40.8 Å². The summed E-state index contributed by atoms with van der Waals surface area (Å²) >= 11 is 6.62. The molecule has 42 heavy (non-hydrogen) atoms. The highest BCUT2D eigenvalue weighted by Crippen LogP contribution is 2.37. The Morgan fingerprint density at radius 1 is 1.00 bits per heavy atom. The molecule has 5 aromatic rings. The van der Waals surface area contributed by atoms with E-state index in [9.17, 15) is 4.79 Å². The Balaban J connectivity index is 1.21. The van der Waals surface area contributed by atoms with Gasteiger partial charge in [0, 0.05) is 12.5 Å². The molecule has 1 aliphatic heterocycles. The summed E-state index contributed by atoms with van der Waals surface area (Å²) in [5.41, 5.74) is 3.90. The Morgan fingerprint density at radius 3 is 2.50 bits per heavy atom. The fourth-order valence-corrected chi connectivity index (χ4v) is 6.94. The van der Waals surface area contributed by atoms with E-state index in [1.807, 2.05) is 39.0 Å². The van der Waals surface area contributed by atoms with Gasteiger partial charge in [-0.15, -0.1) is 11.3 Å². The molecule has 3 atom stereocenters. The molecule has 3 unspecified atom stereocenters. The first-order chi connectivity index (χ1) is 20.2. The van der Waals surface area contributed by atoms with Gasteiger partial charge >= 0.3 is 6.09 Å². The number of piperidine rings is 1. The van der Waals surface area contributed by atoms with Crippen LogP contribution in [0.15, 0.2) is 91.0 Å². The van der Waals surface area contributed by atoms with Crippen LogP contribution < -0.4 is 0 Å². The van der Waals surface area contributed by atoms with Gasteiger partial charge in [-0.1, -0.05) is 72.8 Å². The van der Waals surface area contributed by atoms with Crippen molar-refractivity contribution in [2.75, 3.05) is 13.1 Å². The average molecular weight is 597 g/mol. The number of para-hydroxylation sites is 1. The van der Waals surface area contributed by atoms with Crippen molar-refractivity contribution in [1.82, 2.24) is 9.88 Å².